The number of hydrogen-bond acceptors (Lipinski definition) is 5. The van der Waals surface area contributed by atoms with Crippen molar-refractivity contribution in [3.8, 4) is 0 Å². The third-order valence-electron chi connectivity index (χ3n) is 1.32. The van der Waals surface area contributed by atoms with Gasteiger partial charge in [0.2, 0.25) is 0 Å². The van der Waals surface area contributed by atoms with E-state index in [9.17, 15) is 0 Å². The van der Waals surface area contributed by atoms with Crippen LogP contribution in [0.4, 0.5) is 0 Å². The second-order valence-corrected chi connectivity index (χ2v) is 3.39. The minimum Gasteiger partial charge on any atom is -0.370 e. The summed E-state index contributed by atoms with van der Waals surface area (Å²) >= 11 is 1.15. The van der Waals surface area contributed by atoms with E-state index in [-0.39, 0.29) is 11.1 Å². The molecule has 14 heavy (non-hydrogen) atoms. The lowest BCUT2D eigenvalue weighted by atomic mass is 10.4. The first kappa shape index (κ1) is 10.5. The van der Waals surface area contributed by atoms with E-state index in [4.69, 9.17) is 16.9 Å². The summed E-state index contributed by atoms with van der Waals surface area (Å²) in [6.07, 6.45) is 0. The van der Waals surface area contributed by atoms with Gasteiger partial charge in [0, 0.05) is 5.75 Å². The summed E-state index contributed by atoms with van der Waals surface area (Å²) < 4.78 is 4.49. The van der Waals surface area contributed by atoms with Crippen LogP contribution in [0.5, 0.6) is 0 Å². The summed E-state index contributed by atoms with van der Waals surface area (Å²) in [6, 6.07) is 0. The van der Waals surface area contributed by atoms with Crippen LogP contribution in [0, 0.1) is 12.3 Å². The van der Waals surface area contributed by atoms with Crippen molar-refractivity contribution < 1.29 is 4.63 Å². The second-order valence-electron chi connectivity index (χ2n) is 2.43. The lowest BCUT2D eigenvalue weighted by Gasteiger charge is -1.95. The molecule has 0 radical (unpaired) electrons. The molecule has 0 fully saturated rings. The van der Waals surface area contributed by atoms with Gasteiger partial charge in [0.05, 0.1) is 0 Å². The molecule has 0 aromatic carbocycles. The van der Waals surface area contributed by atoms with Gasteiger partial charge in [-0.05, 0) is 6.92 Å². The number of thioether (sulfide) groups is 1. The molecule has 0 aliphatic heterocycles. The average Bonchev–Trinajstić information content (AvgIpc) is 2.46. The minimum absolute atomic E-state index is 0.0346. The molecule has 1 rings (SSSR count). The van der Waals surface area contributed by atoms with Crippen LogP contribution in [0.3, 0.4) is 0 Å². The van der Waals surface area contributed by atoms with E-state index >= 15 is 0 Å². The summed E-state index contributed by atoms with van der Waals surface area (Å²) in [6.45, 7) is 1.77. The molecule has 0 amide bonds. The highest BCUT2D eigenvalue weighted by Gasteiger charge is 2.06. The zero-order valence-electron chi connectivity index (χ0n) is 7.52. The first-order valence-corrected chi connectivity index (χ1v) is 4.67. The van der Waals surface area contributed by atoms with E-state index in [2.05, 4.69) is 19.9 Å². The van der Waals surface area contributed by atoms with E-state index < -0.39 is 0 Å². The van der Waals surface area contributed by atoms with Gasteiger partial charge in [0.1, 0.15) is 11.4 Å². The molecule has 0 aliphatic rings. The fourth-order valence-electron chi connectivity index (χ4n) is 0.667. The fourth-order valence-corrected chi connectivity index (χ4v) is 1.37. The molecular formula is C6H10N6OS. The molecule has 1 heterocycles. The molecular weight excluding hydrogens is 204 g/mol. The Bertz CT molecular complexity index is 355. The number of rotatable bonds is 2. The average molecular weight is 214 g/mol. The molecule has 1 aromatic rings. The molecule has 76 valence electrons. The number of aromatic nitrogens is 2. The van der Waals surface area contributed by atoms with Gasteiger partial charge in [-0.15, -0.1) is 0 Å². The Balaban J connectivity index is 2.46. The number of nitrogens with zero attached hydrogens (tertiary/aromatic N) is 3. The summed E-state index contributed by atoms with van der Waals surface area (Å²) in [5, 5.41) is 14.6. The van der Waals surface area contributed by atoms with E-state index in [1.54, 1.807) is 6.92 Å². The van der Waals surface area contributed by atoms with Crippen LogP contribution in [-0.4, -0.2) is 21.4 Å². The Morgan fingerprint density at radius 1 is 1.57 bits per heavy atom. The molecule has 5 N–H and O–H groups in total. The first-order chi connectivity index (χ1) is 6.59. The van der Waals surface area contributed by atoms with Crippen LogP contribution < -0.4 is 11.5 Å². The molecule has 0 saturated heterocycles. The number of amidine groups is 1. The summed E-state index contributed by atoms with van der Waals surface area (Å²) in [7, 11) is 0. The van der Waals surface area contributed by atoms with Crippen molar-refractivity contribution in [1.29, 1.82) is 5.41 Å². The van der Waals surface area contributed by atoms with Crippen LogP contribution in [0.2, 0.25) is 0 Å². The number of nitrogens with one attached hydrogen (secondary N) is 1. The van der Waals surface area contributed by atoms with Crippen LogP contribution in [0.1, 0.15) is 11.4 Å². The predicted molar refractivity (Wildman–Crippen MR) is 53.9 cm³/mol. The van der Waals surface area contributed by atoms with Gasteiger partial charge < -0.3 is 11.5 Å². The highest BCUT2D eigenvalue weighted by atomic mass is 32.2. The zero-order chi connectivity index (χ0) is 10.6. The first-order valence-electron chi connectivity index (χ1n) is 3.68. The molecule has 0 spiro atoms. The van der Waals surface area contributed by atoms with E-state index in [0.717, 1.165) is 11.8 Å². The van der Waals surface area contributed by atoms with Crippen molar-refractivity contribution in [2.45, 2.75) is 12.7 Å². The highest BCUT2D eigenvalue weighted by molar-refractivity contribution is 8.13. The number of hydrogen-bond donors (Lipinski definition) is 3. The quantitative estimate of drug-likeness (QED) is 0.463. The zero-order valence-corrected chi connectivity index (χ0v) is 8.34. The molecule has 0 aliphatic carbocycles. The monoisotopic (exact) mass is 214 g/mol. The van der Waals surface area contributed by atoms with Crippen molar-refractivity contribution in [1.82, 2.24) is 10.3 Å². The van der Waals surface area contributed by atoms with Gasteiger partial charge in [0.25, 0.3) is 0 Å². The molecule has 0 saturated carbocycles. The van der Waals surface area contributed by atoms with Crippen LogP contribution in [0.15, 0.2) is 9.62 Å². The third kappa shape index (κ3) is 3.05. The highest BCUT2D eigenvalue weighted by Crippen LogP contribution is 2.13. The van der Waals surface area contributed by atoms with Crippen LogP contribution >= 0.6 is 11.8 Å². The predicted octanol–water partition coefficient (Wildman–Crippen LogP) is -0.181. The molecule has 1 aromatic heterocycles. The number of aliphatic imine (C=N–C) groups is 1. The maximum absolute atomic E-state index is 7.33. The lowest BCUT2D eigenvalue weighted by Crippen LogP contribution is -2.23. The van der Waals surface area contributed by atoms with Crippen molar-refractivity contribution in [3.05, 3.63) is 11.4 Å². The minimum atomic E-state index is -0.127. The van der Waals surface area contributed by atoms with Crippen molar-refractivity contribution in [2.75, 3.05) is 0 Å². The molecule has 0 unspecified atom stereocenters. The van der Waals surface area contributed by atoms with Crippen LogP contribution in [0.25, 0.3) is 0 Å². The largest absolute Gasteiger partial charge is 0.370 e. The Kier molecular flexibility index (Phi) is 3.46. The Labute approximate surface area is 84.4 Å². The maximum Gasteiger partial charge on any atom is 0.193 e. The smallest absolute Gasteiger partial charge is 0.193 e. The van der Waals surface area contributed by atoms with Crippen molar-refractivity contribution in [3.63, 3.8) is 0 Å². The van der Waals surface area contributed by atoms with Crippen LogP contribution in [-0.2, 0) is 5.75 Å². The fraction of sp³-hybridized carbons (Fsp3) is 0.333. The van der Waals surface area contributed by atoms with Gasteiger partial charge in [0.15, 0.2) is 11.1 Å². The van der Waals surface area contributed by atoms with Crippen molar-refractivity contribution in [2.24, 2.45) is 16.5 Å². The maximum atomic E-state index is 7.33. The number of aryl methyl sites for hydroxylation is 1. The molecule has 8 heteroatoms. The van der Waals surface area contributed by atoms with Gasteiger partial charge in [-0.2, -0.15) is 4.99 Å². The summed E-state index contributed by atoms with van der Waals surface area (Å²) in [4.78, 5) is 3.55. The van der Waals surface area contributed by atoms with Gasteiger partial charge >= 0.3 is 0 Å². The molecule has 0 atom stereocenters. The van der Waals surface area contributed by atoms with Crippen molar-refractivity contribution >= 4 is 22.9 Å². The Hall–Kier alpha value is -1.57. The van der Waals surface area contributed by atoms with E-state index in [1.165, 1.54) is 0 Å². The molecule has 7 nitrogen and oxygen atoms in total. The topological polar surface area (TPSA) is 127 Å². The van der Waals surface area contributed by atoms with E-state index in [1.807, 2.05) is 0 Å². The Morgan fingerprint density at radius 3 is 2.79 bits per heavy atom. The number of guanidine groups is 1. The SMILES string of the molecule is Cc1nonc1CSC(=N)N=C(N)N. The van der Waals surface area contributed by atoms with Gasteiger partial charge in [-0.3, -0.25) is 5.41 Å². The molecule has 0 bridgehead atoms. The summed E-state index contributed by atoms with van der Waals surface area (Å²) in [5.41, 5.74) is 11.6. The summed E-state index contributed by atoms with van der Waals surface area (Å²) in [5.74, 6) is 0.336. The second kappa shape index (κ2) is 4.61. The lowest BCUT2D eigenvalue weighted by molar-refractivity contribution is 0.302. The standard InChI is InChI=1S/C6H10N6OS/c1-3-4(12-13-11-3)2-14-6(9)10-5(7)8/h2H2,1H3,(H5,7,8,9,10). The number of nitrogens with two attached hydrogens (primary N) is 2. The van der Waals surface area contributed by atoms with Gasteiger partial charge in [-0.25, -0.2) is 4.63 Å². The normalized spacial score (nSPS) is 9.79. The Morgan fingerprint density at radius 2 is 2.29 bits per heavy atom. The third-order valence-corrected chi connectivity index (χ3v) is 2.11. The van der Waals surface area contributed by atoms with E-state index in [0.29, 0.717) is 17.1 Å². The van der Waals surface area contributed by atoms with Gasteiger partial charge in [-0.1, -0.05) is 22.1 Å².